The highest BCUT2D eigenvalue weighted by atomic mass is 15.1. The van der Waals surface area contributed by atoms with Crippen molar-refractivity contribution in [1.82, 2.24) is 0 Å². The summed E-state index contributed by atoms with van der Waals surface area (Å²) in [6, 6.07) is 92.4. The normalized spacial score (nSPS) is 13.9. The number of benzene rings is 9. The molecule has 0 saturated heterocycles. The molecule has 1 unspecified atom stereocenters. The first-order valence-corrected chi connectivity index (χ1v) is 20.6. The number of hydrogen-bond donors (Lipinski definition) is 0. The van der Waals surface area contributed by atoms with Crippen molar-refractivity contribution in [3.8, 4) is 44.5 Å². The Labute approximate surface area is 352 Å². The van der Waals surface area contributed by atoms with Crippen LogP contribution in [0.4, 0.5) is 17.1 Å². The Morgan fingerprint density at radius 2 is 0.817 bits per heavy atom. The fourth-order valence-electron chi connectivity index (χ4n) is 9.49. The molecule has 0 amide bonds. The van der Waals surface area contributed by atoms with Gasteiger partial charge in [-0.3, -0.25) is 0 Å². The lowest BCUT2D eigenvalue weighted by Gasteiger charge is -2.42. The average Bonchev–Trinajstić information content (AvgIpc) is 3.34. The molecule has 1 aliphatic rings. The molecule has 1 atom stereocenters. The summed E-state index contributed by atoms with van der Waals surface area (Å²) in [7, 11) is 0. The molecular weight excluding hydrogens is 723 g/mol. The zero-order valence-corrected chi connectivity index (χ0v) is 33.0. The highest BCUT2D eigenvalue weighted by Gasteiger charge is 2.44. The molecule has 10 aromatic carbocycles. The first-order chi connectivity index (χ1) is 29.8. The molecule has 0 bridgehead atoms. The Morgan fingerprint density at radius 3 is 1.42 bits per heavy atom. The molecule has 0 saturated carbocycles. The molecule has 0 aromatic heterocycles. The van der Waals surface area contributed by atoms with Gasteiger partial charge in [-0.1, -0.05) is 188 Å². The molecule has 1 nitrogen and oxygen atoms in total. The monoisotopic (exact) mass is 761 g/mol. The third kappa shape index (κ3) is 5.89. The molecule has 0 radical (unpaired) electrons. The minimum atomic E-state index is -0.569. The van der Waals surface area contributed by atoms with Gasteiger partial charge >= 0.3 is 0 Å². The molecule has 0 N–H and O–H groups in total. The van der Waals surface area contributed by atoms with Gasteiger partial charge in [0, 0.05) is 17.1 Å². The molecule has 0 spiro atoms. The molecule has 60 heavy (non-hydrogen) atoms. The number of fused-ring (bicyclic) bond motifs is 2. The Hall–Kier alpha value is -7.92. The van der Waals surface area contributed by atoms with E-state index in [0.29, 0.717) is 0 Å². The number of hydrogen-bond acceptors (Lipinski definition) is 1. The van der Waals surface area contributed by atoms with E-state index in [1.54, 1.807) is 0 Å². The van der Waals surface area contributed by atoms with Crippen molar-refractivity contribution < 1.29 is 0 Å². The lowest BCUT2D eigenvalue weighted by Crippen LogP contribution is -2.33. The predicted octanol–water partition coefficient (Wildman–Crippen LogP) is 15.3. The zero-order chi connectivity index (χ0) is 39.9. The van der Waals surface area contributed by atoms with Crippen molar-refractivity contribution in [2.24, 2.45) is 0 Å². The fraction of sp³-hybridized carbons (Fsp3) is 0.0169. The van der Waals surface area contributed by atoms with Gasteiger partial charge < -0.3 is 4.90 Å². The summed E-state index contributed by atoms with van der Waals surface area (Å²) in [4.78, 5) is 2.35. The lowest BCUT2D eigenvalue weighted by molar-refractivity contribution is 0.750. The summed E-state index contributed by atoms with van der Waals surface area (Å²) in [6.07, 6.45) is 0. The number of rotatable bonds is 8. The fourth-order valence-corrected chi connectivity index (χ4v) is 9.49. The van der Waals surface area contributed by atoms with Gasteiger partial charge in [0.2, 0.25) is 0 Å². The van der Waals surface area contributed by atoms with Crippen molar-refractivity contribution in [3.63, 3.8) is 0 Å². The highest BCUT2D eigenvalue weighted by Crippen LogP contribution is 2.55. The van der Waals surface area contributed by atoms with Crippen LogP contribution in [0.15, 0.2) is 237 Å². The summed E-state index contributed by atoms with van der Waals surface area (Å²) in [5.41, 5.74) is 17.3. The predicted molar refractivity (Wildman–Crippen MR) is 250 cm³/mol. The van der Waals surface area contributed by atoms with E-state index in [4.69, 9.17) is 0 Å². The standard InChI is InChI=1S/C59H39N/c1-4-15-42(16-5-1)44-29-35-51(36-30-44)60(52-37-31-45(32-38-52)43-17-6-2-7-18-43)53-39-33-46(34-40-53)48-21-12-24-50(41-48)59(49-22-8-3-9-23-49)56-27-11-10-25-54(56)55-26-13-19-47-20-14-28-57(59)58(47)55/h1-2,4-8,10-41H. The van der Waals surface area contributed by atoms with Crippen molar-refractivity contribution in [2.45, 2.75) is 5.41 Å². The molecule has 11 rings (SSSR count). The second kappa shape index (κ2) is 14.8. The first kappa shape index (κ1) is 35.3. The van der Waals surface area contributed by atoms with Crippen LogP contribution in [0, 0.1) is 12.1 Å². The van der Waals surface area contributed by atoms with Crippen molar-refractivity contribution in [3.05, 3.63) is 271 Å². The molecule has 0 aliphatic heterocycles. The van der Waals surface area contributed by atoms with E-state index in [2.05, 4.69) is 248 Å². The summed E-state index contributed by atoms with van der Waals surface area (Å²) >= 11 is 0. The Kier molecular flexibility index (Phi) is 8.69. The minimum Gasteiger partial charge on any atom is -0.311 e. The largest absolute Gasteiger partial charge is 0.311 e. The van der Waals surface area contributed by atoms with Gasteiger partial charge in [-0.25, -0.2) is 0 Å². The topological polar surface area (TPSA) is 3.24 Å². The summed E-state index contributed by atoms with van der Waals surface area (Å²) in [6.45, 7) is 0. The summed E-state index contributed by atoms with van der Waals surface area (Å²) in [5.74, 6) is 0. The second-order valence-electron chi connectivity index (χ2n) is 15.5. The molecule has 0 fully saturated rings. The van der Waals surface area contributed by atoms with E-state index in [-0.39, 0.29) is 0 Å². The molecule has 10 aromatic rings. The van der Waals surface area contributed by atoms with E-state index in [1.165, 1.54) is 72.0 Å². The zero-order valence-electron chi connectivity index (χ0n) is 33.0. The maximum atomic E-state index is 3.32. The SMILES string of the molecule is c1ccc(C2(c3cccc(-c4ccc(N(c5ccc(-c6ccccc6)cc5)c5ccc(-c6ccccc6)cc5)cc4)c3)c3ccccc3-c3cccc4cccc2c34)cc#1. The van der Waals surface area contributed by atoms with Gasteiger partial charge in [0.25, 0.3) is 0 Å². The van der Waals surface area contributed by atoms with Crippen molar-refractivity contribution in [2.75, 3.05) is 4.90 Å². The Bertz CT molecular complexity index is 3010. The summed E-state index contributed by atoms with van der Waals surface area (Å²) in [5, 5.41) is 2.55. The third-order valence-corrected chi connectivity index (χ3v) is 12.2. The first-order valence-electron chi connectivity index (χ1n) is 20.6. The van der Waals surface area contributed by atoms with Gasteiger partial charge in [-0.2, -0.15) is 0 Å². The van der Waals surface area contributed by atoms with Crippen LogP contribution in [-0.4, -0.2) is 0 Å². The average molecular weight is 762 g/mol. The lowest BCUT2D eigenvalue weighted by atomic mass is 9.59. The van der Waals surface area contributed by atoms with Gasteiger partial charge in [-0.05, 0) is 138 Å². The van der Waals surface area contributed by atoms with Gasteiger partial charge in [0.05, 0.1) is 5.41 Å². The molecule has 1 heteroatoms. The van der Waals surface area contributed by atoms with Gasteiger partial charge in [0.15, 0.2) is 0 Å². The molecular formula is C59H39N. The van der Waals surface area contributed by atoms with Crippen molar-refractivity contribution in [1.29, 1.82) is 0 Å². The van der Waals surface area contributed by atoms with Crippen LogP contribution >= 0.6 is 0 Å². The maximum absolute atomic E-state index is 3.32. The van der Waals surface area contributed by atoms with Crippen LogP contribution in [0.5, 0.6) is 0 Å². The van der Waals surface area contributed by atoms with Crippen LogP contribution in [0.2, 0.25) is 0 Å². The van der Waals surface area contributed by atoms with E-state index in [1.807, 2.05) is 6.07 Å². The van der Waals surface area contributed by atoms with Crippen LogP contribution in [0.1, 0.15) is 22.3 Å². The van der Waals surface area contributed by atoms with Gasteiger partial charge in [0.1, 0.15) is 0 Å². The molecule has 0 heterocycles. The third-order valence-electron chi connectivity index (χ3n) is 12.2. The molecule has 1 aliphatic carbocycles. The number of nitrogens with zero attached hydrogens (tertiary/aromatic N) is 1. The van der Waals surface area contributed by atoms with Crippen molar-refractivity contribution >= 4 is 27.8 Å². The van der Waals surface area contributed by atoms with Crippen LogP contribution in [0.25, 0.3) is 55.3 Å². The van der Waals surface area contributed by atoms with Crippen LogP contribution in [0.3, 0.4) is 0 Å². The van der Waals surface area contributed by atoms with E-state index < -0.39 is 5.41 Å². The Morgan fingerprint density at radius 1 is 0.333 bits per heavy atom. The van der Waals surface area contributed by atoms with Crippen LogP contribution in [-0.2, 0) is 5.41 Å². The smallest absolute Gasteiger partial charge is 0.0720 e. The highest BCUT2D eigenvalue weighted by molar-refractivity contribution is 6.05. The quantitative estimate of drug-likeness (QED) is 0.149. The van der Waals surface area contributed by atoms with Gasteiger partial charge in [-0.15, -0.1) is 0 Å². The van der Waals surface area contributed by atoms with E-state index >= 15 is 0 Å². The summed E-state index contributed by atoms with van der Waals surface area (Å²) < 4.78 is 0. The molecule has 280 valence electrons. The van der Waals surface area contributed by atoms with E-state index in [0.717, 1.165) is 22.6 Å². The Balaban J connectivity index is 1.02. The maximum Gasteiger partial charge on any atom is 0.0720 e. The number of anilines is 3. The minimum absolute atomic E-state index is 0.569. The van der Waals surface area contributed by atoms with E-state index in [9.17, 15) is 0 Å². The van der Waals surface area contributed by atoms with Crippen LogP contribution < -0.4 is 4.90 Å². The second-order valence-corrected chi connectivity index (χ2v) is 15.5.